The molecule has 1 heterocycles. The van der Waals surface area contributed by atoms with Crippen molar-refractivity contribution >= 4 is 0 Å². The topological polar surface area (TPSA) is 21.7 Å². The summed E-state index contributed by atoms with van der Waals surface area (Å²) in [4.78, 5) is 2.49. The summed E-state index contributed by atoms with van der Waals surface area (Å²) >= 11 is 0. The van der Waals surface area contributed by atoms with E-state index in [1.807, 2.05) is 0 Å². The zero-order chi connectivity index (χ0) is 12.6. The van der Waals surface area contributed by atoms with E-state index in [1.165, 1.54) is 11.1 Å². The molecule has 2 rings (SSSR count). The molecular weight excluding hydrogens is 226 g/mol. The minimum atomic E-state index is 0.686. The zero-order valence-electron chi connectivity index (χ0n) is 11.2. The molecule has 0 spiro atoms. The smallest absolute Gasteiger partial charge is 0.0700 e. The Morgan fingerprint density at radius 3 is 2.28 bits per heavy atom. The summed E-state index contributed by atoms with van der Waals surface area (Å²) < 4.78 is 10.5. The summed E-state index contributed by atoms with van der Waals surface area (Å²) in [5.41, 5.74) is 3.03. The van der Waals surface area contributed by atoms with E-state index >= 15 is 0 Å². The average molecular weight is 249 g/mol. The van der Waals surface area contributed by atoms with Gasteiger partial charge in [0, 0.05) is 26.7 Å². The van der Waals surface area contributed by atoms with Gasteiger partial charge in [0.2, 0.25) is 0 Å². The van der Waals surface area contributed by atoms with Crippen molar-refractivity contribution in [2.75, 3.05) is 46.6 Å². The third-order valence-corrected chi connectivity index (χ3v) is 3.50. The number of hydrogen-bond acceptors (Lipinski definition) is 3. The molecule has 18 heavy (non-hydrogen) atoms. The van der Waals surface area contributed by atoms with Gasteiger partial charge < -0.3 is 14.4 Å². The van der Waals surface area contributed by atoms with E-state index in [1.54, 1.807) is 7.11 Å². The predicted octanol–water partition coefficient (Wildman–Crippen LogP) is 1.75. The van der Waals surface area contributed by atoms with Crippen LogP contribution >= 0.6 is 0 Å². The normalized spacial score (nSPS) is 16.3. The Morgan fingerprint density at radius 2 is 1.67 bits per heavy atom. The lowest BCUT2D eigenvalue weighted by Crippen LogP contribution is -2.30. The standard InChI is InChI=1S/C15H23NO2/c1-17-12-13-18-11-10-16-8-6-14-4-2-3-5-15(14)7-9-16/h2-5H,6-13H2,1H3. The van der Waals surface area contributed by atoms with E-state index in [2.05, 4.69) is 29.2 Å². The lowest BCUT2D eigenvalue weighted by atomic mass is 10.0. The second kappa shape index (κ2) is 7.52. The molecule has 0 N–H and O–H groups in total. The highest BCUT2D eigenvalue weighted by Gasteiger charge is 2.12. The van der Waals surface area contributed by atoms with Crippen molar-refractivity contribution in [1.29, 1.82) is 0 Å². The molecule has 3 heteroatoms. The van der Waals surface area contributed by atoms with Crippen LogP contribution in [0, 0.1) is 0 Å². The Labute approximate surface area is 110 Å². The number of rotatable bonds is 6. The van der Waals surface area contributed by atoms with Crippen LogP contribution in [0.2, 0.25) is 0 Å². The summed E-state index contributed by atoms with van der Waals surface area (Å²) in [5, 5.41) is 0. The van der Waals surface area contributed by atoms with Crippen molar-refractivity contribution in [3.8, 4) is 0 Å². The highest BCUT2D eigenvalue weighted by atomic mass is 16.5. The lowest BCUT2D eigenvalue weighted by molar-refractivity contribution is 0.0578. The van der Waals surface area contributed by atoms with Gasteiger partial charge in [0.05, 0.1) is 19.8 Å². The summed E-state index contributed by atoms with van der Waals surface area (Å²) in [5.74, 6) is 0. The first-order chi connectivity index (χ1) is 8.90. The Hall–Kier alpha value is -0.900. The minimum Gasteiger partial charge on any atom is -0.382 e. The van der Waals surface area contributed by atoms with Crippen LogP contribution in [0.15, 0.2) is 24.3 Å². The highest BCUT2D eigenvalue weighted by Crippen LogP contribution is 2.15. The summed E-state index contributed by atoms with van der Waals surface area (Å²) in [6.07, 6.45) is 2.32. The molecule has 0 unspecified atom stereocenters. The van der Waals surface area contributed by atoms with Crippen molar-refractivity contribution in [1.82, 2.24) is 4.90 Å². The van der Waals surface area contributed by atoms with Crippen LogP contribution in [0.25, 0.3) is 0 Å². The monoisotopic (exact) mass is 249 g/mol. The molecule has 1 aliphatic heterocycles. The predicted molar refractivity (Wildman–Crippen MR) is 73.0 cm³/mol. The molecule has 1 aliphatic rings. The number of nitrogens with zero attached hydrogens (tertiary/aromatic N) is 1. The van der Waals surface area contributed by atoms with Gasteiger partial charge >= 0.3 is 0 Å². The van der Waals surface area contributed by atoms with Crippen molar-refractivity contribution < 1.29 is 9.47 Å². The van der Waals surface area contributed by atoms with E-state index in [9.17, 15) is 0 Å². The first-order valence-corrected chi connectivity index (χ1v) is 6.76. The maximum atomic E-state index is 5.53. The van der Waals surface area contributed by atoms with Gasteiger partial charge in [0.15, 0.2) is 0 Å². The number of methoxy groups -OCH3 is 1. The van der Waals surface area contributed by atoms with E-state index < -0.39 is 0 Å². The fourth-order valence-electron chi connectivity index (χ4n) is 2.38. The Balaban J connectivity index is 1.71. The highest BCUT2D eigenvalue weighted by molar-refractivity contribution is 5.28. The first-order valence-electron chi connectivity index (χ1n) is 6.76. The molecule has 1 aromatic carbocycles. The Morgan fingerprint density at radius 1 is 1.00 bits per heavy atom. The number of fused-ring (bicyclic) bond motifs is 1. The van der Waals surface area contributed by atoms with Crippen molar-refractivity contribution in [2.24, 2.45) is 0 Å². The number of hydrogen-bond donors (Lipinski definition) is 0. The van der Waals surface area contributed by atoms with E-state index in [0.29, 0.717) is 13.2 Å². The molecule has 3 nitrogen and oxygen atoms in total. The van der Waals surface area contributed by atoms with Gasteiger partial charge in [-0.05, 0) is 24.0 Å². The fraction of sp³-hybridized carbons (Fsp3) is 0.600. The van der Waals surface area contributed by atoms with Crippen LogP contribution < -0.4 is 0 Å². The van der Waals surface area contributed by atoms with Crippen molar-refractivity contribution in [2.45, 2.75) is 12.8 Å². The average Bonchev–Trinajstić information content (AvgIpc) is 2.61. The summed E-state index contributed by atoms with van der Waals surface area (Å²) in [6.45, 7) is 5.50. The van der Waals surface area contributed by atoms with Crippen molar-refractivity contribution in [3.63, 3.8) is 0 Å². The maximum absolute atomic E-state index is 5.53. The van der Waals surface area contributed by atoms with E-state index in [4.69, 9.17) is 9.47 Å². The van der Waals surface area contributed by atoms with Gasteiger partial charge in [-0.3, -0.25) is 0 Å². The van der Waals surface area contributed by atoms with Crippen LogP contribution in [0.4, 0.5) is 0 Å². The van der Waals surface area contributed by atoms with Crippen molar-refractivity contribution in [3.05, 3.63) is 35.4 Å². The molecular formula is C15H23NO2. The second-order valence-electron chi connectivity index (χ2n) is 4.72. The summed E-state index contributed by atoms with van der Waals surface area (Å²) in [6, 6.07) is 8.80. The van der Waals surface area contributed by atoms with Gasteiger partial charge in [0.25, 0.3) is 0 Å². The van der Waals surface area contributed by atoms with Gasteiger partial charge in [-0.25, -0.2) is 0 Å². The van der Waals surface area contributed by atoms with Crippen LogP contribution in [0.1, 0.15) is 11.1 Å². The molecule has 0 atom stereocenters. The molecule has 0 fully saturated rings. The maximum Gasteiger partial charge on any atom is 0.0700 e. The molecule has 0 aliphatic carbocycles. The molecule has 0 aromatic heterocycles. The van der Waals surface area contributed by atoms with Crippen LogP contribution in [0.3, 0.4) is 0 Å². The molecule has 0 radical (unpaired) electrons. The number of ether oxygens (including phenoxy) is 2. The molecule has 1 aromatic rings. The molecule has 0 bridgehead atoms. The number of benzene rings is 1. The van der Waals surface area contributed by atoms with E-state index in [0.717, 1.165) is 39.1 Å². The third-order valence-electron chi connectivity index (χ3n) is 3.50. The molecule has 0 amide bonds. The van der Waals surface area contributed by atoms with Gasteiger partial charge in [-0.2, -0.15) is 0 Å². The molecule has 0 saturated heterocycles. The lowest BCUT2D eigenvalue weighted by Gasteiger charge is -2.19. The minimum absolute atomic E-state index is 0.686. The fourth-order valence-corrected chi connectivity index (χ4v) is 2.38. The zero-order valence-corrected chi connectivity index (χ0v) is 11.2. The first kappa shape index (κ1) is 13.5. The van der Waals surface area contributed by atoms with Gasteiger partial charge in [0.1, 0.15) is 0 Å². The third kappa shape index (κ3) is 4.09. The van der Waals surface area contributed by atoms with Crippen LogP contribution in [0.5, 0.6) is 0 Å². The SMILES string of the molecule is COCCOCCN1CCc2ccccc2CC1. The largest absolute Gasteiger partial charge is 0.382 e. The molecule has 0 saturated carbocycles. The Bertz CT molecular complexity index is 327. The second-order valence-corrected chi connectivity index (χ2v) is 4.72. The van der Waals surface area contributed by atoms with Gasteiger partial charge in [-0.1, -0.05) is 24.3 Å². The van der Waals surface area contributed by atoms with Crippen LogP contribution in [-0.4, -0.2) is 51.5 Å². The Kier molecular flexibility index (Phi) is 5.65. The van der Waals surface area contributed by atoms with Gasteiger partial charge in [-0.15, -0.1) is 0 Å². The van der Waals surface area contributed by atoms with E-state index in [-0.39, 0.29) is 0 Å². The van der Waals surface area contributed by atoms with Crippen LogP contribution in [-0.2, 0) is 22.3 Å². The summed E-state index contributed by atoms with van der Waals surface area (Å²) in [7, 11) is 1.70. The quantitative estimate of drug-likeness (QED) is 0.717. The molecule has 100 valence electrons.